The highest BCUT2D eigenvalue weighted by Gasteiger charge is 2.12. The van der Waals surface area contributed by atoms with Gasteiger partial charge in [-0.05, 0) is 62.2 Å². The van der Waals surface area contributed by atoms with E-state index in [0.29, 0.717) is 23.7 Å². The number of rotatable bonds is 8. The highest BCUT2D eigenvalue weighted by atomic mass is 16.5. The number of carbonyl (C=O) groups is 1. The number of nitrogens with zero attached hydrogens (tertiary/aromatic N) is 2. The monoisotopic (exact) mass is 433 g/mol. The van der Waals surface area contributed by atoms with E-state index in [1.807, 2.05) is 45.0 Å². The van der Waals surface area contributed by atoms with Crippen molar-refractivity contribution in [1.82, 2.24) is 9.99 Å². The molecule has 0 radical (unpaired) electrons. The fourth-order valence-electron chi connectivity index (χ4n) is 3.04. The van der Waals surface area contributed by atoms with Gasteiger partial charge < -0.3 is 14.0 Å². The normalized spacial score (nSPS) is 11.0. The number of hydrogen-bond donors (Lipinski definition) is 1. The number of aromatic nitrogens is 1. The van der Waals surface area contributed by atoms with Gasteiger partial charge >= 0.3 is 0 Å². The molecule has 1 aromatic heterocycles. The maximum Gasteiger partial charge on any atom is 0.276 e. The molecule has 0 spiro atoms. The first-order chi connectivity index (χ1) is 15.4. The standard InChI is InChI=1S/C25H27N3O4/c1-17(2)28-13-5-6-21(25(28)30)24(29)27-26-15-20-11-12-22(23(14-20)31-4)32-16-19-9-7-18(3)8-10-19/h5-15,17H,16H2,1-4H3,(H,27,29)/b26-15-. The van der Waals surface area contributed by atoms with Crippen LogP contribution in [-0.2, 0) is 6.61 Å². The number of hydrazone groups is 1. The Morgan fingerprint density at radius 3 is 2.56 bits per heavy atom. The Balaban J connectivity index is 1.66. The molecule has 0 unspecified atom stereocenters. The van der Waals surface area contributed by atoms with Gasteiger partial charge in [0.05, 0.1) is 13.3 Å². The molecule has 0 bridgehead atoms. The van der Waals surface area contributed by atoms with E-state index in [1.165, 1.54) is 22.4 Å². The highest BCUT2D eigenvalue weighted by Crippen LogP contribution is 2.28. The molecule has 3 rings (SSSR count). The van der Waals surface area contributed by atoms with Gasteiger partial charge in [-0.25, -0.2) is 5.43 Å². The zero-order valence-electron chi connectivity index (χ0n) is 18.7. The van der Waals surface area contributed by atoms with Crippen LogP contribution in [0.15, 0.2) is 70.7 Å². The minimum Gasteiger partial charge on any atom is -0.493 e. The molecular formula is C25H27N3O4. The van der Waals surface area contributed by atoms with E-state index in [9.17, 15) is 9.59 Å². The average molecular weight is 434 g/mol. The first-order valence-corrected chi connectivity index (χ1v) is 10.3. The SMILES string of the molecule is COc1cc(/C=N\NC(=O)c2cccn(C(C)C)c2=O)ccc1OCc1ccc(C)cc1. The number of aryl methyl sites for hydroxylation is 1. The first kappa shape index (κ1) is 22.8. The van der Waals surface area contributed by atoms with Crippen molar-refractivity contribution < 1.29 is 14.3 Å². The van der Waals surface area contributed by atoms with E-state index in [0.717, 1.165) is 5.56 Å². The van der Waals surface area contributed by atoms with Crippen LogP contribution in [-0.4, -0.2) is 23.8 Å². The molecule has 3 aromatic rings. The number of amides is 1. The van der Waals surface area contributed by atoms with E-state index in [4.69, 9.17) is 9.47 Å². The largest absolute Gasteiger partial charge is 0.493 e. The van der Waals surface area contributed by atoms with Crippen molar-refractivity contribution in [2.24, 2.45) is 5.10 Å². The second-order valence-electron chi connectivity index (χ2n) is 7.61. The summed E-state index contributed by atoms with van der Waals surface area (Å²) in [5.74, 6) is 0.592. The summed E-state index contributed by atoms with van der Waals surface area (Å²) in [4.78, 5) is 24.8. The van der Waals surface area contributed by atoms with Gasteiger partial charge in [0.1, 0.15) is 12.2 Å². The second-order valence-corrected chi connectivity index (χ2v) is 7.61. The molecule has 0 saturated carbocycles. The third-order valence-corrected chi connectivity index (χ3v) is 4.86. The summed E-state index contributed by atoms with van der Waals surface area (Å²) in [7, 11) is 1.56. The number of carbonyl (C=O) groups excluding carboxylic acids is 1. The molecular weight excluding hydrogens is 406 g/mol. The summed E-state index contributed by atoms with van der Waals surface area (Å²) >= 11 is 0. The van der Waals surface area contributed by atoms with E-state index in [-0.39, 0.29) is 17.2 Å². The summed E-state index contributed by atoms with van der Waals surface area (Å²) in [5.41, 5.74) is 5.05. The van der Waals surface area contributed by atoms with Crippen LogP contribution in [0.2, 0.25) is 0 Å². The number of methoxy groups -OCH3 is 1. The molecule has 32 heavy (non-hydrogen) atoms. The topological polar surface area (TPSA) is 81.9 Å². The van der Waals surface area contributed by atoms with E-state index >= 15 is 0 Å². The van der Waals surface area contributed by atoms with Gasteiger partial charge in [0.15, 0.2) is 11.5 Å². The Bertz CT molecular complexity index is 1160. The van der Waals surface area contributed by atoms with Gasteiger partial charge in [-0.15, -0.1) is 0 Å². The van der Waals surface area contributed by atoms with Gasteiger partial charge in [0.2, 0.25) is 0 Å². The zero-order chi connectivity index (χ0) is 23.1. The third-order valence-electron chi connectivity index (χ3n) is 4.86. The van der Waals surface area contributed by atoms with Crippen molar-refractivity contribution in [1.29, 1.82) is 0 Å². The molecule has 7 heteroatoms. The fraction of sp³-hybridized carbons (Fsp3) is 0.240. The molecule has 166 valence electrons. The van der Waals surface area contributed by atoms with Crippen LogP contribution in [0.3, 0.4) is 0 Å². The van der Waals surface area contributed by atoms with E-state index in [2.05, 4.69) is 10.5 Å². The van der Waals surface area contributed by atoms with Crippen LogP contribution >= 0.6 is 0 Å². The van der Waals surface area contributed by atoms with E-state index < -0.39 is 5.91 Å². The molecule has 0 aliphatic carbocycles. The van der Waals surface area contributed by atoms with Crippen LogP contribution in [0.1, 0.15) is 46.9 Å². The lowest BCUT2D eigenvalue weighted by molar-refractivity contribution is 0.0953. The highest BCUT2D eigenvalue weighted by molar-refractivity contribution is 5.94. The van der Waals surface area contributed by atoms with Gasteiger partial charge in [0.25, 0.3) is 11.5 Å². The van der Waals surface area contributed by atoms with E-state index in [1.54, 1.807) is 37.6 Å². The van der Waals surface area contributed by atoms with Crippen LogP contribution in [0.25, 0.3) is 0 Å². The van der Waals surface area contributed by atoms with Crippen LogP contribution < -0.4 is 20.5 Å². The summed E-state index contributed by atoms with van der Waals surface area (Å²) < 4.78 is 12.8. The van der Waals surface area contributed by atoms with Crippen molar-refractivity contribution in [2.75, 3.05) is 7.11 Å². The van der Waals surface area contributed by atoms with Gasteiger partial charge in [-0.3, -0.25) is 9.59 Å². The van der Waals surface area contributed by atoms with Crippen molar-refractivity contribution in [2.45, 2.75) is 33.4 Å². The summed E-state index contributed by atoms with van der Waals surface area (Å²) in [6.07, 6.45) is 3.13. The average Bonchev–Trinajstić information content (AvgIpc) is 2.79. The van der Waals surface area contributed by atoms with Crippen molar-refractivity contribution in [3.8, 4) is 11.5 Å². The quantitative estimate of drug-likeness (QED) is 0.429. The minimum absolute atomic E-state index is 0.0378. The summed E-state index contributed by atoms with van der Waals surface area (Å²) in [6, 6.07) is 16.6. The van der Waals surface area contributed by atoms with Crippen molar-refractivity contribution in [3.05, 3.63) is 93.4 Å². The number of hydrogen-bond acceptors (Lipinski definition) is 5. The molecule has 0 atom stereocenters. The van der Waals surface area contributed by atoms with Gasteiger partial charge in [0, 0.05) is 12.2 Å². The molecule has 7 nitrogen and oxygen atoms in total. The maximum atomic E-state index is 12.4. The van der Waals surface area contributed by atoms with Crippen molar-refractivity contribution in [3.63, 3.8) is 0 Å². The Labute approximate surface area is 187 Å². The Morgan fingerprint density at radius 2 is 1.88 bits per heavy atom. The lowest BCUT2D eigenvalue weighted by atomic mass is 10.2. The number of benzene rings is 2. The Morgan fingerprint density at radius 1 is 1.12 bits per heavy atom. The van der Waals surface area contributed by atoms with Gasteiger partial charge in [-0.1, -0.05) is 29.8 Å². The molecule has 1 N–H and O–H groups in total. The minimum atomic E-state index is -0.564. The van der Waals surface area contributed by atoms with Crippen molar-refractivity contribution >= 4 is 12.1 Å². The fourth-order valence-corrected chi connectivity index (χ4v) is 3.04. The summed E-state index contributed by atoms with van der Waals surface area (Å²) in [5, 5.41) is 3.97. The number of pyridine rings is 1. The molecule has 2 aromatic carbocycles. The van der Waals surface area contributed by atoms with Gasteiger partial charge in [-0.2, -0.15) is 5.10 Å². The molecule has 1 amide bonds. The zero-order valence-corrected chi connectivity index (χ0v) is 18.7. The lowest BCUT2D eigenvalue weighted by Crippen LogP contribution is -2.31. The molecule has 0 aliphatic rings. The Hall–Kier alpha value is -3.87. The molecule has 1 heterocycles. The summed E-state index contributed by atoms with van der Waals surface area (Å²) in [6.45, 7) is 6.22. The molecule has 0 fully saturated rings. The predicted octanol–water partition coefficient (Wildman–Crippen LogP) is 4.09. The predicted molar refractivity (Wildman–Crippen MR) is 125 cm³/mol. The number of nitrogens with one attached hydrogen (secondary N) is 1. The Kier molecular flexibility index (Phi) is 7.44. The second kappa shape index (κ2) is 10.4. The first-order valence-electron chi connectivity index (χ1n) is 10.3. The molecule has 0 aliphatic heterocycles. The van der Waals surface area contributed by atoms with Crippen LogP contribution in [0.4, 0.5) is 0 Å². The molecule has 0 saturated heterocycles. The van der Waals surface area contributed by atoms with Crippen LogP contribution in [0, 0.1) is 6.92 Å². The van der Waals surface area contributed by atoms with Crippen LogP contribution in [0.5, 0.6) is 11.5 Å². The lowest BCUT2D eigenvalue weighted by Gasteiger charge is -2.11. The smallest absolute Gasteiger partial charge is 0.276 e. The number of ether oxygens (including phenoxy) is 2. The third kappa shape index (κ3) is 5.63. The maximum absolute atomic E-state index is 12.4.